The van der Waals surface area contributed by atoms with Gasteiger partial charge < -0.3 is 0 Å². The van der Waals surface area contributed by atoms with Crippen molar-refractivity contribution in [1.29, 1.82) is 0 Å². The molecule has 0 aromatic heterocycles. The molecule has 0 atom stereocenters. The van der Waals surface area contributed by atoms with Crippen molar-refractivity contribution in [3.63, 3.8) is 0 Å². The summed E-state index contributed by atoms with van der Waals surface area (Å²) in [5, 5.41) is 0.719. The maximum Gasteiger partial charge on any atom is 0.112 e. The summed E-state index contributed by atoms with van der Waals surface area (Å²) in [5.41, 5.74) is 10.9. The first kappa shape index (κ1) is 25.2. The quantitative estimate of drug-likeness (QED) is 0.268. The van der Waals surface area contributed by atoms with Crippen LogP contribution in [0.2, 0.25) is 0 Å². The third kappa shape index (κ3) is 7.32. The average molecular weight is 466 g/mol. The predicted octanol–water partition coefficient (Wildman–Crippen LogP) is 9.36. The summed E-state index contributed by atoms with van der Waals surface area (Å²) in [4.78, 5) is 5.06. The van der Waals surface area contributed by atoms with E-state index in [1.54, 1.807) is 6.08 Å². The van der Waals surface area contributed by atoms with Crippen LogP contribution in [-0.4, -0.2) is 5.71 Å². The molecule has 0 bridgehead atoms. The first-order chi connectivity index (χ1) is 16.6. The molecule has 34 heavy (non-hydrogen) atoms. The molecule has 1 aliphatic heterocycles. The van der Waals surface area contributed by atoms with Crippen LogP contribution in [0.25, 0.3) is 5.57 Å². The fourth-order valence-corrected chi connectivity index (χ4v) is 3.83. The minimum Gasteiger partial charge on any atom is -0.243 e. The van der Waals surface area contributed by atoms with E-state index in [2.05, 4.69) is 79.1 Å². The molecule has 0 fully saturated rings. The average Bonchev–Trinajstić information content (AvgIpc) is 2.87. The highest BCUT2D eigenvalue weighted by atomic mass is 35.5. The van der Waals surface area contributed by atoms with E-state index in [9.17, 15) is 0 Å². The zero-order valence-corrected chi connectivity index (χ0v) is 20.9. The van der Waals surface area contributed by atoms with Crippen LogP contribution in [0.3, 0.4) is 0 Å². The first-order valence-electron chi connectivity index (χ1n) is 11.8. The van der Waals surface area contributed by atoms with Crippen molar-refractivity contribution < 1.29 is 0 Å². The van der Waals surface area contributed by atoms with E-state index in [0.29, 0.717) is 6.42 Å². The number of allylic oxidation sites excluding steroid dienone is 14. The van der Waals surface area contributed by atoms with Gasteiger partial charge in [0.1, 0.15) is 5.70 Å². The van der Waals surface area contributed by atoms with Gasteiger partial charge in [0.05, 0.1) is 5.71 Å². The molecular weight excluding hydrogens is 434 g/mol. The van der Waals surface area contributed by atoms with Gasteiger partial charge in [0, 0.05) is 22.6 Å². The minimum absolute atomic E-state index is 0.672. The number of nitrogens with zero attached hydrogens (tertiary/aromatic N) is 1. The van der Waals surface area contributed by atoms with Crippen LogP contribution in [0.15, 0.2) is 136 Å². The Bertz CT molecular complexity index is 1200. The number of hydrogen-bond donors (Lipinski definition) is 0. The van der Waals surface area contributed by atoms with Crippen LogP contribution in [0, 0.1) is 0 Å². The zero-order chi connectivity index (χ0) is 24.2. The van der Waals surface area contributed by atoms with Gasteiger partial charge in [-0.1, -0.05) is 121 Å². The van der Waals surface area contributed by atoms with Crippen molar-refractivity contribution in [1.82, 2.24) is 0 Å². The number of aliphatic imine (C=N–C) groups is 1. The van der Waals surface area contributed by atoms with Gasteiger partial charge in [-0.05, 0) is 49.8 Å². The van der Waals surface area contributed by atoms with Crippen molar-refractivity contribution in [2.45, 2.75) is 39.5 Å². The summed E-state index contributed by atoms with van der Waals surface area (Å²) < 4.78 is 0. The fraction of sp³-hybridized carbons (Fsp3) is 0.188. The minimum atomic E-state index is 0.672. The van der Waals surface area contributed by atoms with E-state index in [-0.39, 0.29) is 0 Å². The van der Waals surface area contributed by atoms with E-state index < -0.39 is 0 Å². The summed E-state index contributed by atoms with van der Waals surface area (Å²) in [6, 6.07) is 8.72. The lowest BCUT2D eigenvalue weighted by Crippen LogP contribution is -2.03. The summed E-state index contributed by atoms with van der Waals surface area (Å²) in [6.07, 6.45) is 28.3. The maximum absolute atomic E-state index is 6.54. The van der Waals surface area contributed by atoms with Crippen molar-refractivity contribution in [2.24, 2.45) is 4.99 Å². The Kier molecular flexibility index (Phi) is 9.92. The second kappa shape index (κ2) is 13.4. The Morgan fingerprint density at radius 3 is 2.62 bits per heavy atom. The van der Waals surface area contributed by atoms with Gasteiger partial charge in [-0.3, -0.25) is 0 Å². The molecule has 0 saturated heterocycles. The van der Waals surface area contributed by atoms with E-state index in [1.165, 1.54) is 11.1 Å². The van der Waals surface area contributed by atoms with Gasteiger partial charge in [-0.25, -0.2) is 4.99 Å². The van der Waals surface area contributed by atoms with Crippen molar-refractivity contribution >= 4 is 22.9 Å². The zero-order valence-electron chi connectivity index (χ0n) is 20.1. The number of benzene rings is 1. The third-order valence-corrected chi connectivity index (χ3v) is 6.07. The monoisotopic (exact) mass is 465 g/mol. The Morgan fingerprint density at radius 1 is 1.12 bits per heavy atom. The Labute approximate surface area is 209 Å². The molecular formula is C32H32ClN. The number of halogens is 1. The molecule has 1 heterocycles. The molecule has 0 radical (unpaired) electrons. The molecule has 2 heteroatoms. The smallest absolute Gasteiger partial charge is 0.112 e. The Balaban J connectivity index is 1.89. The van der Waals surface area contributed by atoms with Gasteiger partial charge >= 0.3 is 0 Å². The number of rotatable bonds is 8. The topological polar surface area (TPSA) is 12.4 Å². The molecule has 172 valence electrons. The SMILES string of the molecule is C=C/C=C\C=C\C/C=C\C(=C/C)C1=C=C(C)/C(Cl)=C/CC(c2ccc(C3=CC=CCC3)cc2)=N1. The molecule has 1 aliphatic carbocycles. The normalized spacial score (nSPS) is 18.8. The molecule has 0 unspecified atom stereocenters. The summed E-state index contributed by atoms with van der Waals surface area (Å²) in [6.45, 7) is 7.68. The maximum atomic E-state index is 6.54. The van der Waals surface area contributed by atoms with Crippen LogP contribution in [0.5, 0.6) is 0 Å². The standard InChI is InChI=1S/C32H32ClN/c1-4-6-7-8-9-10-12-15-26(5-2)32-24-25(3)30(33)22-23-31(34-32)29-20-18-28(19-21-29)27-16-13-11-14-17-27/h4-9,11-13,15-16,18-22H,1,10,14,17,23H2,2-3H3/b7-6-,9-8+,15-12-,26-5+,30-22-,34-31?. The van der Waals surface area contributed by atoms with Crippen LogP contribution in [-0.2, 0) is 0 Å². The molecule has 3 rings (SSSR count). The largest absolute Gasteiger partial charge is 0.243 e. The highest BCUT2D eigenvalue weighted by Crippen LogP contribution is 2.26. The van der Waals surface area contributed by atoms with Gasteiger partial charge in [-0.2, -0.15) is 0 Å². The molecule has 2 aliphatic rings. The fourth-order valence-electron chi connectivity index (χ4n) is 3.71. The van der Waals surface area contributed by atoms with Crippen molar-refractivity contribution in [2.75, 3.05) is 0 Å². The lowest BCUT2D eigenvalue weighted by atomic mass is 9.95. The number of hydrogen-bond acceptors (Lipinski definition) is 1. The highest BCUT2D eigenvalue weighted by Gasteiger charge is 2.11. The van der Waals surface area contributed by atoms with E-state index in [4.69, 9.17) is 16.6 Å². The summed E-state index contributed by atoms with van der Waals surface area (Å²) in [5.74, 6) is 0. The van der Waals surface area contributed by atoms with Crippen LogP contribution < -0.4 is 0 Å². The lowest BCUT2D eigenvalue weighted by Gasteiger charge is -2.13. The molecule has 0 spiro atoms. The third-order valence-electron chi connectivity index (χ3n) is 5.64. The second-order valence-corrected chi connectivity index (χ2v) is 8.49. The first-order valence-corrected chi connectivity index (χ1v) is 12.1. The Hall–Kier alpha value is -3.38. The summed E-state index contributed by atoms with van der Waals surface area (Å²) in [7, 11) is 0. The lowest BCUT2D eigenvalue weighted by molar-refractivity contribution is 1.05. The molecule has 1 aromatic rings. The van der Waals surface area contributed by atoms with E-state index >= 15 is 0 Å². The molecule has 0 N–H and O–H groups in total. The van der Waals surface area contributed by atoms with Crippen LogP contribution in [0.1, 0.15) is 50.7 Å². The van der Waals surface area contributed by atoms with Crippen LogP contribution >= 0.6 is 11.6 Å². The van der Waals surface area contributed by atoms with Gasteiger partial charge in [0.2, 0.25) is 0 Å². The van der Waals surface area contributed by atoms with Crippen molar-refractivity contribution in [3.8, 4) is 0 Å². The Morgan fingerprint density at radius 2 is 1.91 bits per heavy atom. The highest BCUT2D eigenvalue weighted by molar-refractivity contribution is 6.32. The summed E-state index contributed by atoms with van der Waals surface area (Å²) >= 11 is 6.54. The molecule has 1 nitrogen and oxygen atoms in total. The molecule has 0 saturated carbocycles. The van der Waals surface area contributed by atoms with Gasteiger partial charge in [-0.15, -0.1) is 0 Å². The van der Waals surface area contributed by atoms with E-state index in [0.717, 1.165) is 52.4 Å². The van der Waals surface area contributed by atoms with Crippen molar-refractivity contribution in [3.05, 3.63) is 142 Å². The molecule has 0 amide bonds. The predicted molar refractivity (Wildman–Crippen MR) is 150 cm³/mol. The second-order valence-electron chi connectivity index (χ2n) is 8.08. The van der Waals surface area contributed by atoms with Gasteiger partial charge in [0.25, 0.3) is 0 Å². The van der Waals surface area contributed by atoms with E-state index in [1.807, 2.05) is 38.2 Å². The molecule has 1 aromatic carbocycles. The van der Waals surface area contributed by atoms with Gasteiger partial charge in [0.15, 0.2) is 0 Å². The van der Waals surface area contributed by atoms with Crippen LogP contribution in [0.4, 0.5) is 0 Å².